The number of ether oxygens (including phenoxy) is 2. The number of aromatic nitrogens is 1. The molecule has 1 aliphatic heterocycles. The molecular formula is C21H23Cl2N3O3S. The van der Waals surface area contributed by atoms with Crippen molar-refractivity contribution in [1.82, 2.24) is 9.88 Å². The minimum Gasteiger partial charge on any atom is -0.454 e. The van der Waals surface area contributed by atoms with E-state index < -0.39 is 0 Å². The maximum atomic E-state index is 13.2. The Kier molecular flexibility index (Phi) is 7.08. The highest BCUT2D eigenvalue weighted by atomic mass is 35.5. The minimum absolute atomic E-state index is 0. The zero-order chi connectivity index (χ0) is 20.5. The number of amides is 1. The lowest BCUT2D eigenvalue weighted by molar-refractivity contribution is -0.118. The van der Waals surface area contributed by atoms with Crippen LogP contribution >= 0.6 is 35.3 Å². The average Bonchev–Trinajstić information content (AvgIpc) is 3.31. The van der Waals surface area contributed by atoms with Gasteiger partial charge in [0.15, 0.2) is 16.6 Å². The van der Waals surface area contributed by atoms with E-state index in [0.717, 1.165) is 27.9 Å². The molecule has 3 aromatic rings. The first-order valence-corrected chi connectivity index (χ1v) is 10.5. The SMILES string of the molecule is Cc1c(Cl)ccc2sc(N(CCN(C)C)C(=O)Cc3ccc4c(c3)OCO4)nc12.Cl. The lowest BCUT2D eigenvalue weighted by atomic mass is 10.1. The largest absolute Gasteiger partial charge is 0.454 e. The number of carbonyl (C=O) groups excluding carboxylic acids is 1. The van der Waals surface area contributed by atoms with Crippen molar-refractivity contribution in [3.05, 3.63) is 46.5 Å². The Morgan fingerprint density at radius 2 is 1.93 bits per heavy atom. The number of thiazole rings is 1. The van der Waals surface area contributed by atoms with Crippen molar-refractivity contribution in [1.29, 1.82) is 0 Å². The first-order chi connectivity index (χ1) is 13.9. The number of anilines is 1. The Morgan fingerprint density at radius 1 is 1.17 bits per heavy atom. The Balaban J connectivity index is 0.00000256. The van der Waals surface area contributed by atoms with Crippen LogP contribution in [-0.4, -0.2) is 49.8 Å². The van der Waals surface area contributed by atoms with E-state index in [9.17, 15) is 4.79 Å². The van der Waals surface area contributed by atoms with Gasteiger partial charge in [-0.1, -0.05) is 29.0 Å². The number of fused-ring (bicyclic) bond motifs is 2. The van der Waals surface area contributed by atoms with Crippen LogP contribution in [0, 0.1) is 6.92 Å². The van der Waals surface area contributed by atoms with Crippen molar-refractivity contribution in [3.8, 4) is 11.5 Å². The fourth-order valence-electron chi connectivity index (χ4n) is 3.15. The lowest BCUT2D eigenvalue weighted by Crippen LogP contribution is -2.37. The maximum Gasteiger partial charge on any atom is 0.233 e. The number of likely N-dealkylation sites (N-methyl/N-ethyl adjacent to an activating group) is 1. The molecule has 1 aromatic heterocycles. The smallest absolute Gasteiger partial charge is 0.233 e. The molecule has 0 saturated heterocycles. The summed E-state index contributed by atoms with van der Waals surface area (Å²) in [4.78, 5) is 21.8. The van der Waals surface area contributed by atoms with Gasteiger partial charge in [-0.15, -0.1) is 12.4 Å². The van der Waals surface area contributed by atoms with Crippen LogP contribution in [0.5, 0.6) is 11.5 Å². The van der Waals surface area contributed by atoms with Gasteiger partial charge in [-0.2, -0.15) is 0 Å². The van der Waals surface area contributed by atoms with Crippen molar-refractivity contribution in [3.63, 3.8) is 0 Å². The van der Waals surface area contributed by atoms with Gasteiger partial charge in [0.05, 0.1) is 16.6 Å². The number of aryl methyl sites for hydroxylation is 1. The number of benzene rings is 2. The molecule has 0 N–H and O–H groups in total. The Labute approximate surface area is 190 Å². The predicted molar refractivity (Wildman–Crippen MR) is 124 cm³/mol. The van der Waals surface area contributed by atoms with Crippen LogP contribution in [0.4, 0.5) is 5.13 Å². The first kappa shape index (κ1) is 22.6. The van der Waals surface area contributed by atoms with Gasteiger partial charge in [0.1, 0.15) is 0 Å². The second kappa shape index (κ2) is 9.39. The topological polar surface area (TPSA) is 54.9 Å². The Morgan fingerprint density at radius 3 is 2.70 bits per heavy atom. The van der Waals surface area contributed by atoms with Crippen molar-refractivity contribution < 1.29 is 14.3 Å². The van der Waals surface area contributed by atoms with E-state index in [4.69, 9.17) is 26.1 Å². The number of rotatable bonds is 6. The number of nitrogens with zero attached hydrogens (tertiary/aromatic N) is 3. The summed E-state index contributed by atoms with van der Waals surface area (Å²) in [6, 6.07) is 9.45. The molecule has 2 heterocycles. The molecule has 1 aliphatic rings. The second-order valence-corrected chi connectivity index (χ2v) is 8.64. The maximum absolute atomic E-state index is 13.2. The molecule has 2 aromatic carbocycles. The van der Waals surface area contributed by atoms with Gasteiger partial charge in [0.2, 0.25) is 12.7 Å². The molecule has 30 heavy (non-hydrogen) atoms. The Bertz CT molecular complexity index is 1070. The van der Waals surface area contributed by atoms with Crippen molar-refractivity contribution in [2.75, 3.05) is 38.9 Å². The van der Waals surface area contributed by atoms with Gasteiger partial charge < -0.3 is 14.4 Å². The zero-order valence-corrected chi connectivity index (χ0v) is 19.4. The molecule has 0 saturated carbocycles. The molecule has 160 valence electrons. The second-order valence-electron chi connectivity index (χ2n) is 7.23. The zero-order valence-electron chi connectivity index (χ0n) is 17.0. The van der Waals surface area contributed by atoms with Crippen LogP contribution in [-0.2, 0) is 11.2 Å². The third kappa shape index (κ3) is 4.64. The monoisotopic (exact) mass is 467 g/mol. The van der Waals surface area contributed by atoms with E-state index in [-0.39, 0.29) is 31.5 Å². The van der Waals surface area contributed by atoms with Crippen LogP contribution in [0.1, 0.15) is 11.1 Å². The van der Waals surface area contributed by atoms with Gasteiger partial charge in [-0.05, 0) is 56.4 Å². The van der Waals surface area contributed by atoms with E-state index in [0.29, 0.717) is 28.2 Å². The van der Waals surface area contributed by atoms with Crippen LogP contribution in [0.3, 0.4) is 0 Å². The summed E-state index contributed by atoms with van der Waals surface area (Å²) in [6.07, 6.45) is 0.264. The van der Waals surface area contributed by atoms with Gasteiger partial charge >= 0.3 is 0 Å². The van der Waals surface area contributed by atoms with Crippen molar-refractivity contribution in [2.24, 2.45) is 0 Å². The molecule has 0 bridgehead atoms. The van der Waals surface area contributed by atoms with Crippen molar-refractivity contribution >= 4 is 56.6 Å². The first-order valence-electron chi connectivity index (χ1n) is 9.31. The summed E-state index contributed by atoms with van der Waals surface area (Å²) in [6.45, 7) is 3.47. The molecule has 0 radical (unpaired) electrons. The average molecular weight is 468 g/mol. The summed E-state index contributed by atoms with van der Waals surface area (Å²) < 4.78 is 11.8. The fraction of sp³-hybridized carbons (Fsp3) is 0.333. The molecule has 0 atom stereocenters. The van der Waals surface area contributed by atoms with Gasteiger partial charge in [0.25, 0.3) is 0 Å². The summed E-state index contributed by atoms with van der Waals surface area (Å²) in [5.74, 6) is 1.39. The molecule has 0 aliphatic carbocycles. The molecule has 0 fully saturated rings. The lowest BCUT2D eigenvalue weighted by Gasteiger charge is -2.22. The van der Waals surface area contributed by atoms with Gasteiger partial charge in [0, 0.05) is 18.1 Å². The number of hydrogen-bond acceptors (Lipinski definition) is 6. The highest BCUT2D eigenvalue weighted by Gasteiger charge is 2.22. The number of halogens is 2. The quantitative estimate of drug-likeness (QED) is 0.532. The minimum atomic E-state index is -0.00600. The highest BCUT2D eigenvalue weighted by Crippen LogP contribution is 2.35. The molecule has 6 nitrogen and oxygen atoms in total. The highest BCUT2D eigenvalue weighted by molar-refractivity contribution is 7.22. The van der Waals surface area contributed by atoms with E-state index in [1.165, 1.54) is 11.3 Å². The van der Waals surface area contributed by atoms with E-state index in [1.807, 2.05) is 51.4 Å². The number of carbonyl (C=O) groups is 1. The molecule has 0 unspecified atom stereocenters. The standard InChI is InChI=1S/C21H22ClN3O3S.ClH/c1-13-15(22)5-7-18-20(13)23-21(29-18)25(9-8-24(2)3)19(26)11-14-4-6-16-17(10-14)28-12-27-16;/h4-7,10H,8-9,11-12H2,1-3H3;1H. The molecule has 1 amide bonds. The third-order valence-corrected chi connectivity index (χ3v) is 6.28. The normalized spacial score (nSPS) is 12.3. The molecule has 9 heteroatoms. The predicted octanol–water partition coefficient (Wildman–Crippen LogP) is 4.55. The van der Waals surface area contributed by atoms with E-state index >= 15 is 0 Å². The van der Waals surface area contributed by atoms with Gasteiger partial charge in [-0.25, -0.2) is 4.98 Å². The van der Waals surface area contributed by atoms with Crippen LogP contribution in [0.25, 0.3) is 10.2 Å². The van der Waals surface area contributed by atoms with Gasteiger partial charge in [-0.3, -0.25) is 9.69 Å². The molecule has 4 rings (SSSR count). The molecule has 0 spiro atoms. The Hall–Kier alpha value is -2.06. The summed E-state index contributed by atoms with van der Waals surface area (Å²) >= 11 is 7.76. The molecular weight excluding hydrogens is 445 g/mol. The van der Waals surface area contributed by atoms with Crippen LogP contribution in [0.15, 0.2) is 30.3 Å². The third-order valence-electron chi connectivity index (χ3n) is 4.83. The van der Waals surface area contributed by atoms with Crippen LogP contribution < -0.4 is 14.4 Å². The summed E-state index contributed by atoms with van der Waals surface area (Å²) in [7, 11) is 3.98. The summed E-state index contributed by atoms with van der Waals surface area (Å²) in [5, 5.41) is 1.37. The fourth-order valence-corrected chi connectivity index (χ4v) is 4.37. The summed E-state index contributed by atoms with van der Waals surface area (Å²) in [5.41, 5.74) is 2.67. The van der Waals surface area contributed by atoms with E-state index in [2.05, 4.69) is 4.90 Å². The van der Waals surface area contributed by atoms with Crippen molar-refractivity contribution in [2.45, 2.75) is 13.3 Å². The van der Waals surface area contributed by atoms with Crippen LogP contribution in [0.2, 0.25) is 5.02 Å². The number of hydrogen-bond donors (Lipinski definition) is 0. The van der Waals surface area contributed by atoms with E-state index in [1.54, 1.807) is 4.90 Å².